The molecule has 0 aliphatic heterocycles. The minimum absolute atomic E-state index is 0.0302. The maximum Gasteiger partial charge on any atom is 0.324 e. The highest BCUT2D eigenvalue weighted by molar-refractivity contribution is 5.25. The molecular formula is C14H27N5O2. The highest BCUT2D eigenvalue weighted by Crippen LogP contribution is 2.16. The van der Waals surface area contributed by atoms with E-state index in [-0.39, 0.29) is 30.2 Å². The number of nitrogens with two attached hydrogens (primary N) is 1. The molecule has 7 heteroatoms. The second kappa shape index (κ2) is 9.33. The van der Waals surface area contributed by atoms with Crippen molar-refractivity contribution in [2.75, 3.05) is 5.43 Å². The van der Waals surface area contributed by atoms with Crippen LogP contribution in [0.15, 0.2) is 0 Å². The first-order valence-corrected chi connectivity index (χ1v) is 7.61. The third-order valence-corrected chi connectivity index (χ3v) is 2.84. The van der Waals surface area contributed by atoms with Crippen molar-refractivity contribution in [3.05, 3.63) is 0 Å². The molecule has 1 rings (SSSR count). The van der Waals surface area contributed by atoms with Crippen LogP contribution in [0.2, 0.25) is 0 Å². The number of aromatic nitrogens is 3. The van der Waals surface area contributed by atoms with Gasteiger partial charge < -0.3 is 9.47 Å². The van der Waals surface area contributed by atoms with Crippen LogP contribution in [-0.2, 0) is 0 Å². The van der Waals surface area contributed by atoms with Gasteiger partial charge in [-0.1, -0.05) is 26.2 Å². The van der Waals surface area contributed by atoms with E-state index in [0.29, 0.717) is 0 Å². The van der Waals surface area contributed by atoms with Gasteiger partial charge in [0.2, 0.25) is 5.95 Å². The topological polar surface area (TPSA) is 95.2 Å². The van der Waals surface area contributed by atoms with E-state index in [4.69, 9.17) is 15.3 Å². The van der Waals surface area contributed by atoms with Gasteiger partial charge in [0.15, 0.2) is 0 Å². The summed E-state index contributed by atoms with van der Waals surface area (Å²) in [6, 6.07) is 0.442. The van der Waals surface area contributed by atoms with E-state index in [1.165, 1.54) is 19.3 Å². The molecule has 0 saturated carbocycles. The fourth-order valence-electron chi connectivity index (χ4n) is 1.82. The van der Waals surface area contributed by atoms with Gasteiger partial charge in [0.1, 0.15) is 0 Å². The Morgan fingerprint density at radius 3 is 2.24 bits per heavy atom. The molecule has 120 valence electrons. The van der Waals surface area contributed by atoms with Gasteiger partial charge in [-0.15, -0.1) is 4.98 Å². The third-order valence-electron chi connectivity index (χ3n) is 2.84. The van der Waals surface area contributed by atoms with Crippen molar-refractivity contribution in [2.24, 2.45) is 5.84 Å². The minimum atomic E-state index is -0.0302. The zero-order valence-electron chi connectivity index (χ0n) is 13.4. The van der Waals surface area contributed by atoms with E-state index in [0.717, 1.165) is 12.8 Å². The van der Waals surface area contributed by atoms with Crippen LogP contribution in [0.4, 0.5) is 5.95 Å². The van der Waals surface area contributed by atoms with Crippen LogP contribution < -0.4 is 20.7 Å². The van der Waals surface area contributed by atoms with E-state index >= 15 is 0 Å². The molecule has 0 saturated heterocycles. The van der Waals surface area contributed by atoms with Gasteiger partial charge in [-0.3, -0.25) is 5.43 Å². The fourth-order valence-corrected chi connectivity index (χ4v) is 1.82. The number of hydrazine groups is 1. The number of hydrogen-bond donors (Lipinski definition) is 2. The molecular weight excluding hydrogens is 270 g/mol. The zero-order chi connectivity index (χ0) is 15.7. The van der Waals surface area contributed by atoms with Gasteiger partial charge in [0.05, 0.1) is 12.2 Å². The Balaban J connectivity index is 2.59. The third kappa shape index (κ3) is 7.08. The van der Waals surface area contributed by atoms with Crippen molar-refractivity contribution < 1.29 is 9.47 Å². The maximum atomic E-state index is 5.72. The van der Waals surface area contributed by atoms with Crippen LogP contribution in [0.5, 0.6) is 12.0 Å². The summed E-state index contributed by atoms with van der Waals surface area (Å²) in [6.07, 6.45) is 5.82. The van der Waals surface area contributed by atoms with Gasteiger partial charge in [-0.2, -0.15) is 9.97 Å². The van der Waals surface area contributed by atoms with E-state index < -0.39 is 0 Å². The van der Waals surface area contributed by atoms with Crippen molar-refractivity contribution in [2.45, 2.75) is 72.0 Å². The number of rotatable bonds is 10. The van der Waals surface area contributed by atoms with Gasteiger partial charge in [0, 0.05) is 0 Å². The normalized spacial score (nSPS) is 12.3. The molecule has 0 amide bonds. The largest absolute Gasteiger partial charge is 0.461 e. The monoisotopic (exact) mass is 297 g/mol. The van der Waals surface area contributed by atoms with Gasteiger partial charge in [-0.05, 0) is 33.6 Å². The second-order valence-electron chi connectivity index (χ2n) is 5.31. The molecule has 0 spiro atoms. The number of ether oxygens (including phenoxy) is 2. The van der Waals surface area contributed by atoms with Gasteiger partial charge in [0.25, 0.3) is 0 Å². The molecule has 0 bridgehead atoms. The average molecular weight is 297 g/mol. The van der Waals surface area contributed by atoms with Crippen LogP contribution >= 0.6 is 0 Å². The van der Waals surface area contributed by atoms with Crippen molar-refractivity contribution in [1.82, 2.24) is 15.0 Å². The predicted molar refractivity (Wildman–Crippen MR) is 82.3 cm³/mol. The van der Waals surface area contributed by atoms with Crippen LogP contribution in [-0.4, -0.2) is 27.2 Å². The first-order valence-electron chi connectivity index (χ1n) is 7.61. The number of unbranched alkanes of at least 4 members (excludes halogenated alkanes) is 3. The molecule has 1 aromatic heterocycles. The summed E-state index contributed by atoms with van der Waals surface area (Å²) in [5, 5.41) is 0. The number of hydrogen-bond acceptors (Lipinski definition) is 7. The Kier molecular flexibility index (Phi) is 7.74. The van der Waals surface area contributed by atoms with E-state index in [1.807, 2.05) is 20.8 Å². The highest BCUT2D eigenvalue weighted by atomic mass is 16.5. The smallest absolute Gasteiger partial charge is 0.324 e. The SMILES string of the molecule is CCCCCCC(C)Oc1nc(NN)nc(OC(C)C)n1. The first-order chi connectivity index (χ1) is 10.0. The second-order valence-corrected chi connectivity index (χ2v) is 5.31. The highest BCUT2D eigenvalue weighted by Gasteiger charge is 2.12. The maximum absolute atomic E-state index is 5.72. The standard InChI is InChI=1S/C14H27N5O2/c1-5-6-7-8-9-11(4)21-14-17-12(19-15)16-13(18-14)20-10(2)3/h10-11H,5-9,15H2,1-4H3,(H,16,17,18,19). The predicted octanol–water partition coefficient (Wildman–Crippen LogP) is 2.68. The lowest BCUT2D eigenvalue weighted by Gasteiger charge is -2.14. The lowest BCUT2D eigenvalue weighted by Crippen LogP contribution is -2.18. The summed E-state index contributed by atoms with van der Waals surface area (Å²) < 4.78 is 11.2. The number of anilines is 1. The zero-order valence-corrected chi connectivity index (χ0v) is 13.4. The summed E-state index contributed by atoms with van der Waals surface area (Å²) in [7, 11) is 0. The number of nitrogen functional groups attached to an aromatic ring is 1. The molecule has 0 fully saturated rings. The van der Waals surface area contributed by atoms with Crippen LogP contribution in [0.3, 0.4) is 0 Å². The Hall–Kier alpha value is -1.63. The first kappa shape index (κ1) is 17.4. The molecule has 1 unspecified atom stereocenters. The summed E-state index contributed by atoms with van der Waals surface area (Å²) in [4.78, 5) is 12.3. The van der Waals surface area contributed by atoms with Crippen LogP contribution in [0, 0.1) is 0 Å². The molecule has 0 aliphatic carbocycles. The number of nitrogens with zero attached hydrogens (tertiary/aromatic N) is 3. The Morgan fingerprint density at radius 2 is 1.67 bits per heavy atom. The summed E-state index contributed by atoms with van der Waals surface area (Å²) in [5.74, 6) is 5.58. The van der Waals surface area contributed by atoms with Gasteiger partial charge >= 0.3 is 12.0 Å². The molecule has 3 N–H and O–H groups in total. The van der Waals surface area contributed by atoms with E-state index in [2.05, 4.69) is 27.3 Å². The Morgan fingerprint density at radius 1 is 1.00 bits per heavy atom. The Labute approximate surface area is 126 Å². The molecule has 1 heterocycles. The van der Waals surface area contributed by atoms with E-state index in [9.17, 15) is 0 Å². The summed E-state index contributed by atoms with van der Waals surface area (Å²) >= 11 is 0. The quantitative estimate of drug-likeness (QED) is 0.389. The summed E-state index contributed by atoms with van der Waals surface area (Å²) in [6.45, 7) is 8.00. The Bertz CT molecular complexity index is 414. The fraction of sp³-hybridized carbons (Fsp3) is 0.786. The van der Waals surface area contributed by atoms with Crippen LogP contribution in [0.25, 0.3) is 0 Å². The molecule has 1 atom stereocenters. The molecule has 1 aromatic rings. The molecule has 21 heavy (non-hydrogen) atoms. The minimum Gasteiger partial charge on any atom is -0.461 e. The van der Waals surface area contributed by atoms with Crippen molar-refractivity contribution in [3.63, 3.8) is 0 Å². The molecule has 0 radical (unpaired) electrons. The van der Waals surface area contributed by atoms with Crippen LogP contribution in [0.1, 0.15) is 59.8 Å². The average Bonchev–Trinajstić information content (AvgIpc) is 2.42. The molecule has 0 aromatic carbocycles. The van der Waals surface area contributed by atoms with E-state index in [1.54, 1.807) is 0 Å². The lowest BCUT2D eigenvalue weighted by molar-refractivity contribution is 0.177. The molecule has 0 aliphatic rings. The van der Waals surface area contributed by atoms with Crippen molar-refractivity contribution in [3.8, 4) is 12.0 Å². The number of nitrogens with one attached hydrogen (secondary N) is 1. The lowest BCUT2D eigenvalue weighted by atomic mass is 10.1. The molecule has 7 nitrogen and oxygen atoms in total. The van der Waals surface area contributed by atoms with Crippen molar-refractivity contribution in [1.29, 1.82) is 0 Å². The summed E-state index contributed by atoms with van der Waals surface area (Å²) in [5.41, 5.74) is 2.39. The van der Waals surface area contributed by atoms with Crippen molar-refractivity contribution >= 4 is 5.95 Å². The van der Waals surface area contributed by atoms with Gasteiger partial charge in [-0.25, -0.2) is 5.84 Å².